The van der Waals surface area contributed by atoms with E-state index < -0.39 is 5.91 Å². The van der Waals surface area contributed by atoms with Crippen LogP contribution in [-0.4, -0.2) is 40.2 Å². The molecule has 1 aliphatic carbocycles. The highest BCUT2D eigenvalue weighted by Crippen LogP contribution is 2.36. The molecule has 0 saturated heterocycles. The van der Waals surface area contributed by atoms with Crippen LogP contribution in [0.2, 0.25) is 5.02 Å². The quantitative estimate of drug-likeness (QED) is 0.366. The maximum Gasteiger partial charge on any atom is 0.283 e. The lowest BCUT2D eigenvalue weighted by Gasteiger charge is -2.20. The largest absolute Gasteiger partial charge is 0.490 e. The van der Waals surface area contributed by atoms with Gasteiger partial charge in [0.1, 0.15) is 29.8 Å². The van der Waals surface area contributed by atoms with Gasteiger partial charge in [-0.1, -0.05) is 55.1 Å². The Morgan fingerprint density at radius 2 is 1.80 bits per heavy atom. The van der Waals surface area contributed by atoms with Crippen molar-refractivity contribution in [3.63, 3.8) is 0 Å². The van der Waals surface area contributed by atoms with E-state index in [4.69, 9.17) is 26.5 Å². The molecule has 5 rings (SSSR count). The Bertz CT molecular complexity index is 1220. The Labute approximate surface area is 213 Å². The van der Waals surface area contributed by atoms with E-state index in [1.165, 1.54) is 36.0 Å². The maximum absolute atomic E-state index is 12.7. The first-order chi connectivity index (χ1) is 17.1. The van der Waals surface area contributed by atoms with Crippen LogP contribution in [-0.2, 0) is 4.79 Å². The summed E-state index contributed by atoms with van der Waals surface area (Å²) in [7, 11) is 0. The lowest BCUT2D eigenvalue weighted by molar-refractivity contribution is -0.114. The summed E-state index contributed by atoms with van der Waals surface area (Å²) >= 11 is 7.51. The minimum absolute atomic E-state index is 0.0651. The number of para-hydroxylation sites is 1. The molecule has 9 heteroatoms. The number of benzene rings is 2. The summed E-state index contributed by atoms with van der Waals surface area (Å²) in [5, 5.41) is 16.8. The first-order valence-corrected chi connectivity index (χ1v) is 12.9. The van der Waals surface area contributed by atoms with Crippen molar-refractivity contribution in [1.29, 1.82) is 5.41 Å². The van der Waals surface area contributed by atoms with Gasteiger partial charge in [-0.3, -0.25) is 10.2 Å². The van der Waals surface area contributed by atoms with Crippen LogP contribution in [0.3, 0.4) is 0 Å². The predicted octanol–water partition coefficient (Wildman–Crippen LogP) is 6.00. The number of halogens is 1. The molecule has 2 aromatic rings. The lowest BCUT2D eigenvalue weighted by Crippen LogP contribution is -2.35. The summed E-state index contributed by atoms with van der Waals surface area (Å²) in [5.41, 5.74) is 1.00. The average Bonchev–Trinajstić information content (AvgIpc) is 3.31. The molecule has 1 N–H and O–H groups in total. The molecule has 0 unspecified atom stereocenters. The zero-order chi connectivity index (χ0) is 24.2. The highest BCUT2D eigenvalue weighted by molar-refractivity contribution is 8.27. The highest BCUT2D eigenvalue weighted by Gasteiger charge is 2.37. The van der Waals surface area contributed by atoms with E-state index in [1.807, 2.05) is 42.5 Å². The molecule has 3 aliphatic rings. The van der Waals surface area contributed by atoms with Crippen LogP contribution in [0.1, 0.15) is 37.7 Å². The number of rotatable bonds is 7. The third-order valence-corrected chi connectivity index (χ3v) is 7.45. The smallest absolute Gasteiger partial charge is 0.283 e. The summed E-state index contributed by atoms with van der Waals surface area (Å²) < 4.78 is 11.4. The van der Waals surface area contributed by atoms with Gasteiger partial charge in [-0.15, -0.1) is 0 Å². The number of fused-ring (bicyclic) bond motifs is 1. The fourth-order valence-electron chi connectivity index (χ4n) is 4.22. The first-order valence-electron chi connectivity index (χ1n) is 11.7. The number of carbonyl (C=O) groups excluding carboxylic acids is 1. The van der Waals surface area contributed by atoms with Crippen molar-refractivity contribution in [2.75, 3.05) is 13.2 Å². The number of carbonyl (C=O) groups is 1. The summed E-state index contributed by atoms with van der Waals surface area (Å²) in [4.78, 5) is 16.9. The Kier molecular flexibility index (Phi) is 7.20. The molecule has 7 nitrogen and oxygen atoms in total. The Balaban J connectivity index is 1.20. The SMILES string of the molecule is N=C1/C(=C/c2ccc(OCCOc3ccccc3Cl)cc2)C(=O)N=C2SC(C3CCCCC3)=NN12. The molecule has 1 amide bonds. The zero-order valence-electron chi connectivity index (χ0n) is 19.1. The van der Waals surface area contributed by atoms with Crippen molar-refractivity contribution in [1.82, 2.24) is 5.01 Å². The highest BCUT2D eigenvalue weighted by atomic mass is 35.5. The summed E-state index contributed by atoms with van der Waals surface area (Å²) in [6.07, 6.45) is 7.56. The second-order valence-corrected chi connectivity index (χ2v) is 9.88. The van der Waals surface area contributed by atoms with Crippen LogP contribution in [0.4, 0.5) is 0 Å². The van der Waals surface area contributed by atoms with Crippen LogP contribution in [0.5, 0.6) is 11.5 Å². The topological polar surface area (TPSA) is 87.3 Å². The van der Waals surface area contributed by atoms with Crippen LogP contribution in [0.15, 0.2) is 64.2 Å². The minimum atomic E-state index is -0.411. The van der Waals surface area contributed by atoms with Crippen LogP contribution < -0.4 is 9.47 Å². The average molecular weight is 509 g/mol. The number of thioether (sulfide) groups is 1. The van der Waals surface area contributed by atoms with Gasteiger partial charge in [0.2, 0.25) is 5.17 Å². The van der Waals surface area contributed by atoms with Gasteiger partial charge in [-0.25, -0.2) is 0 Å². The van der Waals surface area contributed by atoms with Gasteiger partial charge >= 0.3 is 0 Å². The molecule has 2 heterocycles. The number of aliphatic imine (C=N–C) groups is 1. The first kappa shape index (κ1) is 23.6. The second kappa shape index (κ2) is 10.7. The molecule has 180 valence electrons. The molecule has 0 bridgehead atoms. The third kappa shape index (κ3) is 5.44. The molecular formula is C26H25ClN4O3S. The van der Waals surface area contributed by atoms with Crippen LogP contribution >= 0.6 is 23.4 Å². The Hall–Kier alpha value is -3.10. The van der Waals surface area contributed by atoms with Crippen molar-refractivity contribution in [2.45, 2.75) is 32.1 Å². The normalized spacial score (nSPS) is 19.5. The molecule has 2 aliphatic heterocycles. The number of hydrogen-bond donors (Lipinski definition) is 1. The van der Waals surface area contributed by atoms with Gasteiger partial charge in [0.25, 0.3) is 5.91 Å². The fourth-order valence-corrected chi connectivity index (χ4v) is 5.47. The van der Waals surface area contributed by atoms with Gasteiger partial charge in [0.15, 0.2) is 5.84 Å². The van der Waals surface area contributed by atoms with E-state index >= 15 is 0 Å². The van der Waals surface area contributed by atoms with E-state index in [0.29, 0.717) is 40.8 Å². The van der Waals surface area contributed by atoms with Crippen molar-refractivity contribution < 1.29 is 14.3 Å². The fraction of sp³-hybridized carbons (Fsp3) is 0.308. The van der Waals surface area contributed by atoms with Crippen molar-refractivity contribution in [3.8, 4) is 11.5 Å². The van der Waals surface area contributed by atoms with Gasteiger partial charge < -0.3 is 9.47 Å². The lowest BCUT2D eigenvalue weighted by atomic mass is 9.90. The van der Waals surface area contributed by atoms with Crippen LogP contribution in [0, 0.1) is 11.3 Å². The van der Waals surface area contributed by atoms with Crippen molar-refractivity contribution in [2.24, 2.45) is 16.0 Å². The van der Waals surface area contributed by atoms with E-state index in [-0.39, 0.29) is 11.4 Å². The zero-order valence-corrected chi connectivity index (χ0v) is 20.6. The predicted molar refractivity (Wildman–Crippen MR) is 140 cm³/mol. The molecule has 0 aromatic heterocycles. The number of nitrogens with zero attached hydrogens (tertiary/aromatic N) is 3. The van der Waals surface area contributed by atoms with Crippen molar-refractivity contribution in [3.05, 3.63) is 64.7 Å². The van der Waals surface area contributed by atoms with Crippen molar-refractivity contribution >= 4 is 51.4 Å². The van der Waals surface area contributed by atoms with Gasteiger partial charge in [0, 0.05) is 5.92 Å². The minimum Gasteiger partial charge on any atom is -0.490 e. The summed E-state index contributed by atoms with van der Waals surface area (Å²) in [5.74, 6) is 1.36. The molecular weight excluding hydrogens is 484 g/mol. The monoisotopic (exact) mass is 508 g/mol. The standard InChI is InChI=1S/C26H25ClN4O3S/c27-21-8-4-5-9-22(21)34-15-14-33-19-12-10-17(11-13-19)16-20-23(28)31-26(29-24(20)32)35-25(30-31)18-6-2-1-3-7-18/h4-5,8-13,16,18,28H,1-3,6-7,14-15H2/b20-16-,28-23?. The number of amides is 1. The van der Waals surface area contributed by atoms with Crippen LogP contribution in [0.25, 0.3) is 6.08 Å². The molecule has 1 fully saturated rings. The molecule has 2 aromatic carbocycles. The summed E-state index contributed by atoms with van der Waals surface area (Å²) in [6, 6.07) is 14.6. The number of nitrogens with one attached hydrogen (secondary N) is 1. The van der Waals surface area contributed by atoms with E-state index in [9.17, 15) is 4.79 Å². The number of hydrazone groups is 1. The maximum atomic E-state index is 12.7. The molecule has 0 spiro atoms. The molecule has 35 heavy (non-hydrogen) atoms. The van der Waals surface area contributed by atoms with E-state index in [2.05, 4.69) is 10.1 Å². The second-order valence-electron chi connectivity index (χ2n) is 8.49. The van der Waals surface area contributed by atoms with Gasteiger partial charge in [0.05, 0.1) is 10.6 Å². The molecule has 1 saturated carbocycles. The molecule has 0 radical (unpaired) electrons. The number of ether oxygens (including phenoxy) is 2. The van der Waals surface area contributed by atoms with Gasteiger partial charge in [-0.2, -0.15) is 15.1 Å². The van der Waals surface area contributed by atoms with E-state index in [0.717, 1.165) is 23.4 Å². The summed E-state index contributed by atoms with van der Waals surface area (Å²) in [6.45, 7) is 0.721. The number of hydrogen-bond acceptors (Lipinski definition) is 6. The third-order valence-electron chi connectivity index (χ3n) is 6.06. The van der Waals surface area contributed by atoms with E-state index in [1.54, 1.807) is 12.1 Å². The Morgan fingerprint density at radius 1 is 1.06 bits per heavy atom. The number of amidine groups is 2. The van der Waals surface area contributed by atoms with Gasteiger partial charge in [-0.05, 0) is 60.5 Å². The Morgan fingerprint density at radius 3 is 2.57 bits per heavy atom. The molecule has 0 atom stereocenters.